The van der Waals surface area contributed by atoms with E-state index < -0.39 is 0 Å². The number of benzene rings is 2. The van der Waals surface area contributed by atoms with Crippen LogP contribution in [0.2, 0.25) is 0 Å². The maximum absolute atomic E-state index is 12.4. The van der Waals surface area contributed by atoms with Crippen LogP contribution >= 0.6 is 0 Å². The molecule has 2 aromatic carbocycles. The van der Waals surface area contributed by atoms with Crippen molar-refractivity contribution in [2.75, 3.05) is 7.11 Å². The average molecular weight is 309 g/mol. The highest BCUT2D eigenvalue weighted by Crippen LogP contribution is 2.25. The van der Waals surface area contributed by atoms with E-state index in [-0.39, 0.29) is 11.9 Å². The monoisotopic (exact) mass is 309 g/mol. The van der Waals surface area contributed by atoms with E-state index in [1.165, 1.54) is 36.0 Å². The number of methoxy groups -OCH3 is 1. The first-order valence-electron chi connectivity index (χ1n) is 8.24. The molecule has 1 atom stereocenters. The van der Waals surface area contributed by atoms with E-state index in [1.54, 1.807) is 19.2 Å². The number of carbonyl (C=O) groups excluding carboxylic acids is 1. The fourth-order valence-corrected chi connectivity index (χ4v) is 3.15. The Morgan fingerprint density at radius 2 is 1.87 bits per heavy atom. The van der Waals surface area contributed by atoms with Crippen molar-refractivity contribution >= 4 is 5.91 Å². The molecule has 0 spiro atoms. The van der Waals surface area contributed by atoms with Crippen LogP contribution in [0.25, 0.3) is 0 Å². The summed E-state index contributed by atoms with van der Waals surface area (Å²) in [6.07, 6.45) is 4.88. The van der Waals surface area contributed by atoms with Crippen molar-refractivity contribution in [3.05, 3.63) is 64.7 Å². The molecule has 0 unspecified atom stereocenters. The van der Waals surface area contributed by atoms with Crippen molar-refractivity contribution < 1.29 is 9.53 Å². The molecule has 0 saturated heterocycles. The smallest absolute Gasteiger partial charge is 0.251 e. The Bertz CT molecular complexity index is 709. The first-order chi connectivity index (χ1) is 11.2. The number of aryl methyl sites for hydroxylation is 2. The second-order valence-electron chi connectivity index (χ2n) is 6.16. The summed E-state index contributed by atoms with van der Waals surface area (Å²) in [4.78, 5) is 12.4. The van der Waals surface area contributed by atoms with Gasteiger partial charge in [-0.05, 0) is 67.5 Å². The summed E-state index contributed by atoms with van der Waals surface area (Å²) in [6.45, 7) is 2.03. The summed E-state index contributed by atoms with van der Waals surface area (Å²) in [5, 5.41) is 3.08. The van der Waals surface area contributed by atoms with E-state index in [4.69, 9.17) is 4.74 Å². The fraction of sp³-hybridized carbons (Fsp3) is 0.350. The second-order valence-corrected chi connectivity index (χ2v) is 6.16. The van der Waals surface area contributed by atoms with Gasteiger partial charge in [-0.2, -0.15) is 0 Å². The van der Waals surface area contributed by atoms with Crippen molar-refractivity contribution in [3.8, 4) is 5.75 Å². The molecule has 1 aliphatic carbocycles. The minimum Gasteiger partial charge on any atom is -0.497 e. The van der Waals surface area contributed by atoms with Gasteiger partial charge in [0.2, 0.25) is 0 Å². The van der Waals surface area contributed by atoms with Gasteiger partial charge in [0.05, 0.1) is 13.2 Å². The third-order valence-electron chi connectivity index (χ3n) is 4.55. The third-order valence-corrected chi connectivity index (χ3v) is 4.55. The van der Waals surface area contributed by atoms with Crippen LogP contribution in [-0.2, 0) is 12.8 Å². The molecule has 1 aliphatic rings. The van der Waals surface area contributed by atoms with Crippen molar-refractivity contribution in [1.29, 1.82) is 0 Å². The highest BCUT2D eigenvalue weighted by molar-refractivity contribution is 5.94. The minimum absolute atomic E-state index is 0.0130. The normalized spacial score (nSPS) is 14.7. The van der Waals surface area contributed by atoms with E-state index in [2.05, 4.69) is 23.5 Å². The second kappa shape index (κ2) is 6.86. The molecule has 0 heterocycles. The van der Waals surface area contributed by atoms with Gasteiger partial charge >= 0.3 is 0 Å². The first-order valence-corrected chi connectivity index (χ1v) is 8.24. The first kappa shape index (κ1) is 15.6. The molecule has 3 rings (SSSR count). The zero-order chi connectivity index (χ0) is 16.2. The van der Waals surface area contributed by atoms with Crippen molar-refractivity contribution in [2.24, 2.45) is 0 Å². The number of hydrogen-bond acceptors (Lipinski definition) is 2. The van der Waals surface area contributed by atoms with Gasteiger partial charge in [-0.15, -0.1) is 0 Å². The Balaban J connectivity index is 1.73. The maximum atomic E-state index is 12.4. The molecule has 1 N–H and O–H groups in total. The highest BCUT2D eigenvalue weighted by Gasteiger charge is 2.15. The standard InChI is InChI=1S/C20H23NO2/c1-14(16-11-10-15-6-3-4-7-17(15)12-16)21-20(22)18-8-5-9-19(13-18)23-2/h5,8-14H,3-4,6-7H2,1-2H3,(H,21,22)/t14-/m0/s1. The lowest BCUT2D eigenvalue weighted by Gasteiger charge is -2.20. The number of carbonyl (C=O) groups is 1. The number of fused-ring (bicyclic) bond motifs is 1. The van der Waals surface area contributed by atoms with Gasteiger partial charge in [0.25, 0.3) is 5.91 Å². The predicted molar refractivity (Wildman–Crippen MR) is 92.0 cm³/mol. The summed E-state index contributed by atoms with van der Waals surface area (Å²) in [5.74, 6) is 0.619. The summed E-state index contributed by atoms with van der Waals surface area (Å²) in [6, 6.07) is 13.8. The third kappa shape index (κ3) is 3.55. The fourth-order valence-electron chi connectivity index (χ4n) is 3.15. The van der Waals surface area contributed by atoms with Crippen LogP contribution in [0.15, 0.2) is 42.5 Å². The molecule has 3 nitrogen and oxygen atoms in total. The number of rotatable bonds is 4. The zero-order valence-electron chi connectivity index (χ0n) is 13.8. The summed E-state index contributed by atoms with van der Waals surface area (Å²) < 4.78 is 5.18. The molecule has 1 amide bonds. The van der Waals surface area contributed by atoms with E-state index in [0.717, 1.165) is 6.42 Å². The molecule has 23 heavy (non-hydrogen) atoms. The average Bonchev–Trinajstić information content (AvgIpc) is 2.61. The van der Waals surface area contributed by atoms with Crippen molar-refractivity contribution in [3.63, 3.8) is 0 Å². The summed E-state index contributed by atoms with van der Waals surface area (Å²) in [5.41, 5.74) is 4.69. The van der Waals surface area contributed by atoms with Gasteiger partial charge < -0.3 is 10.1 Å². The number of amides is 1. The van der Waals surface area contributed by atoms with Gasteiger partial charge in [0, 0.05) is 5.56 Å². The lowest BCUT2D eigenvalue weighted by Crippen LogP contribution is -2.26. The SMILES string of the molecule is COc1cccc(C(=O)N[C@@H](C)c2ccc3c(c2)CCCC3)c1. The molecule has 0 aliphatic heterocycles. The topological polar surface area (TPSA) is 38.3 Å². The Hall–Kier alpha value is -2.29. The van der Waals surface area contributed by atoms with Crippen LogP contribution in [0.3, 0.4) is 0 Å². The summed E-state index contributed by atoms with van der Waals surface area (Å²) in [7, 11) is 1.60. The minimum atomic E-state index is -0.0749. The van der Waals surface area contributed by atoms with Gasteiger partial charge in [-0.3, -0.25) is 4.79 Å². The molecule has 0 radical (unpaired) electrons. The lowest BCUT2D eigenvalue weighted by atomic mass is 9.89. The number of ether oxygens (including phenoxy) is 1. The molecule has 0 fully saturated rings. The maximum Gasteiger partial charge on any atom is 0.251 e. The van der Waals surface area contributed by atoms with E-state index in [1.807, 2.05) is 19.1 Å². The van der Waals surface area contributed by atoms with Crippen LogP contribution < -0.4 is 10.1 Å². The molecule has 3 heteroatoms. The van der Waals surface area contributed by atoms with Crippen LogP contribution in [-0.4, -0.2) is 13.0 Å². The number of hydrogen-bond donors (Lipinski definition) is 1. The van der Waals surface area contributed by atoms with E-state index >= 15 is 0 Å². The molecular weight excluding hydrogens is 286 g/mol. The van der Waals surface area contributed by atoms with E-state index in [0.29, 0.717) is 11.3 Å². The highest BCUT2D eigenvalue weighted by atomic mass is 16.5. The number of nitrogens with one attached hydrogen (secondary N) is 1. The van der Waals surface area contributed by atoms with Gasteiger partial charge in [0.15, 0.2) is 0 Å². The predicted octanol–water partition coefficient (Wildman–Crippen LogP) is 4.07. The Morgan fingerprint density at radius 1 is 1.09 bits per heavy atom. The van der Waals surface area contributed by atoms with E-state index in [9.17, 15) is 4.79 Å². The van der Waals surface area contributed by atoms with Gasteiger partial charge in [-0.1, -0.05) is 24.3 Å². The summed E-state index contributed by atoms with van der Waals surface area (Å²) >= 11 is 0. The van der Waals surface area contributed by atoms with Crippen molar-refractivity contribution in [2.45, 2.75) is 38.6 Å². The van der Waals surface area contributed by atoms with Crippen LogP contribution in [0.4, 0.5) is 0 Å². The zero-order valence-corrected chi connectivity index (χ0v) is 13.8. The molecular formula is C20H23NO2. The van der Waals surface area contributed by atoms with Crippen LogP contribution in [0.5, 0.6) is 5.75 Å². The molecule has 0 bridgehead atoms. The Morgan fingerprint density at radius 3 is 2.65 bits per heavy atom. The molecule has 0 saturated carbocycles. The van der Waals surface area contributed by atoms with Crippen LogP contribution in [0, 0.1) is 0 Å². The lowest BCUT2D eigenvalue weighted by molar-refractivity contribution is 0.0939. The molecule has 2 aromatic rings. The Kier molecular flexibility index (Phi) is 4.65. The van der Waals surface area contributed by atoms with Crippen molar-refractivity contribution in [1.82, 2.24) is 5.32 Å². The largest absolute Gasteiger partial charge is 0.497 e. The molecule has 120 valence electrons. The quantitative estimate of drug-likeness (QED) is 0.924. The Labute approximate surface area is 137 Å². The molecule has 0 aromatic heterocycles. The van der Waals surface area contributed by atoms with Gasteiger partial charge in [0.1, 0.15) is 5.75 Å². The van der Waals surface area contributed by atoms with Gasteiger partial charge in [-0.25, -0.2) is 0 Å². The van der Waals surface area contributed by atoms with Crippen LogP contribution in [0.1, 0.15) is 52.9 Å².